The normalized spacial score (nSPS) is 12.5. The predicted molar refractivity (Wildman–Crippen MR) is 89.8 cm³/mol. The van der Waals surface area contributed by atoms with Crippen molar-refractivity contribution < 1.29 is 9.21 Å². The Bertz CT molecular complexity index is 900. The fourth-order valence-electron chi connectivity index (χ4n) is 2.58. The number of likely N-dealkylation sites (N-methyl/N-ethyl adjacent to an activating group) is 1. The van der Waals surface area contributed by atoms with Crippen molar-refractivity contribution in [2.24, 2.45) is 0 Å². The summed E-state index contributed by atoms with van der Waals surface area (Å²) in [6.45, 7) is 0.356. The number of carbonyl (C=O) groups is 1. The van der Waals surface area contributed by atoms with E-state index in [0.29, 0.717) is 17.3 Å². The van der Waals surface area contributed by atoms with Crippen molar-refractivity contribution in [1.82, 2.24) is 20.4 Å². The van der Waals surface area contributed by atoms with Crippen molar-refractivity contribution >= 4 is 16.7 Å². The second-order valence-electron chi connectivity index (χ2n) is 5.65. The quantitative estimate of drug-likeness (QED) is 0.742. The monoisotopic (exact) mass is 326 g/mol. The number of hydrogen-bond donors (Lipinski definition) is 2. The molecule has 0 spiro atoms. The third-order valence-electron chi connectivity index (χ3n) is 3.86. The van der Waals surface area contributed by atoms with Crippen molar-refractivity contribution in [3.05, 3.63) is 64.5 Å². The summed E-state index contributed by atoms with van der Waals surface area (Å²) < 4.78 is 5.42. The van der Waals surface area contributed by atoms with Gasteiger partial charge in [0, 0.05) is 11.9 Å². The molecule has 0 aliphatic heterocycles. The maximum atomic E-state index is 12.5. The number of benzene rings is 1. The highest BCUT2D eigenvalue weighted by Gasteiger charge is 2.20. The fraction of sp³-hybridized carbons (Fsp3) is 0.235. The number of H-pyrrole nitrogens is 1. The van der Waals surface area contributed by atoms with E-state index < -0.39 is 0 Å². The van der Waals surface area contributed by atoms with Gasteiger partial charge < -0.3 is 9.73 Å². The summed E-state index contributed by atoms with van der Waals surface area (Å²) in [6, 6.07) is 10.5. The minimum atomic E-state index is -0.346. The highest BCUT2D eigenvalue weighted by molar-refractivity contribution is 6.04. The average Bonchev–Trinajstić information content (AvgIpc) is 3.09. The van der Waals surface area contributed by atoms with E-state index in [4.69, 9.17) is 4.42 Å². The fourth-order valence-corrected chi connectivity index (χ4v) is 2.58. The molecule has 2 aromatic heterocycles. The minimum Gasteiger partial charge on any atom is -0.468 e. The van der Waals surface area contributed by atoms with Crippen LogP contribution in [0.1, 0.15) is 22.3 Å². The SMILES string of the molecule is CN(C)[C@H](CNC(=O)c1n[nH]c(=O)c2ccccc12)c1ccco1. The molecule has 7 nitrogen and oxygen atoms in total. The number of nitrogens with one attached hydrogen (secondary N) is 2. The molecular weight excluding hydrogens is 308 g/mol. The summed E-state index contributed by atoms with van der Waals surface area (Å²) in [6.07, 6.45) is 1.60. The molecule has 1 amide bonds. The van der Waals surface area contributed by atoms with Crippen molar-refractivity contribution in [3.63, 3.8) is 0 Å². The summed E-state index contributed by atoms with van der Waals surface area (Å²) in [7, 11) is 3.82. The zero-order chi connectivity index (χ0) is 17.1. The first-order chi connectivity index (χ1) is 11.6. The van der Waals surface area contributed by atoms with Crippen LogP contribution in [-0.2, 0) is 0 Å². The molecule has 124 valence electrons. The number of aromatic nitrogens is 2. The largest absolute Gasteiger partial charge is 0.468 e. The van der Waals surface area contributed by atoms with Crippen molar-refractivity contribution in [2.75, 3.05) is 20.6 Å². The Morgan fingerprint density at radius 2 is 2.00 bits per heavy atom. The van der Waals surface area contributed by atoms with Crippen LogP contribution in [0.25, 0.3) is 10.8 Å². The zero-order valence-electron chi connectivity index (χ0n) is 13.4. The maximum absolute atomic E-state index is 12.5. The lowest BCUT2D eigenvalue weighted by Crippen LogP contribution is -2.35. The first-order valence-electron chi connectivity index (χ1n) is 7.53. The molecule has 0 radical (unpaired) electrons. The second-order valence-corrected chi connectivity index (χ2v) is 5.65. The summed E-state index contributed by atoms with van der Waals surface area (Å²) in [5.41, 5.74) is -0.119. The molecule has 24 heavy (non-hydrogen) atoms. The molecule has 3 rings (SSSR count). The summed E-state index contributed by atoms with van der Waals surface area (Å²) >= 11 is 0. The Balaban J connectivity index is 1.83. The Hall–Kier alpha value is -2.93. The number of carbonyl (C=O) groups excluding carboxylic acids is 1. The molecule has 0 fully saturated rings. The second kappa shape index (κ2) is 6.67. The molecule has 0 unspecified atom stereocenters. The molecule has 2 heterocycles. The lowest BCUT2D eigenvalue weighted by atomic mass is 10.1. The van der Waals surface area contributed by atoms with Gasteiger partial charge in [-0.1, -0.05) is 18.2 Å². The standard InChI is InChI=1S/C17H18N4O3/c1-21(2)13(14-8-5-9-24-14)10-18-17(23)15-11-6-3-4-7-12(11)16(22)20-19-15/h3-9,13H,10H2,1-2H3,(H,18,23)(H,20,22)/t13-/m1/s1. The van der Waals surface area contributed by atoms with Gasteiger partial charge >= 0.3 is 0 Å². The minimum absolute atomic E-state index is 0.0991. The smallest absolute Gasteiger partial charge is 0.272 e. The van der Waals surface area contributed by atoms with Gasteiger partial charge in [-0.2, -0.15) is 5.10 Å². The topological polar surface area (TPSA) is 91.2 Å². The van der Waals surface area contributed by atoms with E-state index in [1.54, 1.807) is 30.5 Å². The third-order valence-corrected chi connectivity index (χ3v) is 3.86. The molecule has 7 heteroatoms. The number of hydrogen-bond acceptors (Lipinski definition) is 5. The van der Waals surface area contributed by atoms with Crippen LogP contribution in [0.4, 0.5) is 0 Å². The van der Waals surface area contributed by atoms with Crippen molar-refractivity contribution in [3.8, 4) is 0 Å². The van der Waals surface area contributed by atoms with E-state index in [-0.39, 0.29) is 23.2 Å². The molecule has 0 saturated heterocycles. The summed E-state index contributed by atoms with van der Waals surface area (Å²) in [4.78, 5) is 26.3. The maximum Gasteiger partial charge on any atom is 0.272 e. The molecule has 0 aliphatic carbocycles. The Kier molecular flexibility index (Phi) is 4.43. The number of aromatic amines is 1. The van der Waals surface area contributed by atoms with Crippen molar-refractivity contribution in [2.45, 2.75) is 6.04 Å². The van der Waals surface area contributed by atoms with Gasteiger partial charge in [-0.25, -0.2) is 5.10 Å². The molecule has 0 saturated carbocycles. The van der Waals surface area contributed by atoms with Gasteiger partial charge in [0.05, 0.1) is 17.7 Å². The molecule has 3 aromatic rings. The van der Waals surface area contributed by atoms with E-state index in [1.807, 2.05) is 31.1 Å². The van der Waals surface area contributed by atoms with E-state index in [0.717, 1.165) is 5.76 Å². The van der Waals surface area contributed by atoms with Crippen LogP contribution in [0, 0.1) is 0 Å². The lowest BCUT2D eigenvalue weighted by molar-refractivity contribution is 0.0935. The molecule has 1 atom stereocenters. The number of amides is 1. The van der Waals surface area contributed by atoms with E-state index in [1.165, 1.54) is 0 Å². The summed E-state index contributed by atoms with van der Waals surface area (Å²) in [5, 5.41) is 10.1. The van der Waals surface area contributed by atoms with Gasteiger partial charge in [0.1, 0.15) is 5.76 Å². The van der Waals surface area contributed by atoms with Gasteiger partial charge in [-0.15, -0.1) is 0 Å². The van der Waals surface area contributed by atoms with Crippen LogP contribution in [0.3, 0.4) is 0 Å². The number of nitrogens with zero attached hydrogens (tertiary/aromatic N) is 2. The number of rotatable bonds is 5. The van der Waals surface area contributed by atoms with Crippen LogP contribution < -0.4 is 10.9 Å². The molecular formula is C17H18N4O3. The highest BCUT2D eigenvalue weighted by Crippen LogP contribution is 2.18. The van der Waals surface area contributed by atoms with E-state index >= 15 is 0 Å². The van der Waals surface area contributed by atoms with Gasteiger partial charge in [0.25, 0.3) is 11.5 Å². The average molecular weight is 326 g/mol. The van der Waals surface area contributed by atoms with E-state index in [2.05, 4.69) is 15.5 Å². The molecule has 2 N–H and O–H groups in total. The highest BCUT2D eigenvalue weighted by atomic mass is 16.3. The van der Waals surface area contributed by atoms with Gasteiger partial charge in [0.2, 0.25) is 0 Å². The first kappa shape index (κ1) is 15.9. The van der Waals surface area contributed by atoms with Crippen molar-refractivity contribution in [1.29, 1.82) is 0 Å². The van der Waals surface area contributed by atoms with Gasteiger partial charge in [0.15, 0.2) is 5.69 Å². The third kappa shape index (κ3) is 3.07. The summed E-state index contributed by atoms with van der Waals surface area (Å²) in [5.74, 6) is 0.417. The van der Waals surface area contributed by atoms with Crippen LogP contribution in [0.2, 0.25) is 0 Å². The first-order valence-corrected chi connectivity index (χ1v) is 7.53. The van der Waals surface area contributed by atoms with E-state index in [9.17, 15) is 9.59 Å². The van der Waals surface area contributed by atoms with Crippen LogP contribution in [-0.4, -0.2) is 41.6 Å². The van der Waals surface area contributed by atoms with Crippen LogP contribution >= 0.6 is 0 Å². The number of furan rings is 1. The van der Waals surface area contributed by atoms with Crippen LogP contribution in [0.5, 0.6) is 0 Å². The lowest BCUT2D eigenvalue weighted by Gasteiger charge is -2.22. The Labute approximate surface area is 138 Å². The van der Waals surface area contributed by atoms with Gasteiger partial charge in [-0.3, -0.25) is 14.5 Å². The molecule has 1 aromatic carbocycles. The van der Waals surface area contributed by atoms with Crippen LogP contribution in [0.15, 0.2) is 51.9 Å². The molecule has 0 aliphatic rings. The zero-order valence-corrected chi connectivity index (χ0v) is 13.4. The molecule has 0 bridgehead atoms. The Morgan fingerprint density at radius 1 is 1.25 bits per heavy atom. The Morgan fingerprint density at radius 3 is 2.67 bits per heavy atom. The number of fused-ring (bicyclic) bond motifs is 1. The van der Waals surface area contributed by atoms with Gasteiger partial charge in [-0.05, 0) is 32.3 Å². The predicted octanol–water partition coefficient (Wildman–Crippen LogP) is 1.55.